The molecule has 1 fully saturated rings. The van der Waals surface area contributed by atoms with Gasteiger partial charge >= 0.3 is 5.97 Å². The van der Waals surface area contributed by atoms with E-state index in [2.05, 4.69) is 17.2 Å². The predicted molar refractivity (Wildman–Crippen MR) is 67.6 cm³/mol. The molecular weight excluding hydrogens is 232 g/mol. The molecule has 1 aromatic heterocycles. The van der Waals surface area contributed by atoms with Crippen LogP contribution in [0.2, 0.25) is 0 Å². The molecule has 1 aliphatic heterocycles. The molecule has 0 aromatic carbocycles. The molecule has 0 aliphatic carbocycles. The van der Waals surface area contributed by atoms with E-state index in [4.69, 9.17) is 9.84 Å². The molecule has 18 heavy (non-hydrogen) atoms. The van der Waals surface area contributed by atoms with Gasteiger partial charge in [0.1, 0.15) is 0 Å². The average Bonchev–Trinajstić information content (AvgIpc) is 2.97. The van der Waals surface area contributed by atoms with Gasteiger partial charge in [-0.1, -0.05) is 6.92 Å². The summed E-state index contributed by atoms with van der Waals surface area (Å²) in [6, 6.07) is 1.59. The molecule has 3 N–H and O–H groups in total. The zero-order valence-electron chi connectivity index (χ0n) is 10.6. The lowest BCUT2D eigenvalue weighted by molar-refractivity contribution is 0.0695. The molecule has 1 aliphatic rings. The highest BCUT2D eigenvalue weighted by atomic mass is 16.5. The van der Waals surface area contributed by atoms with E-state index < -0.39 is 5.97 Å². The highest BCUT2D eigenvalue weighted by molar-refractivity contribution is 5.88. The second-order valence-corrected chi connectivity index (χ2v) is 4.67. The Morgan fingerprint density at radius 1 is 1.67 bits per heavy atom. The Morgan fingerprint density at radius 3 is 3.22 bits per heavy atom. The second-order valence-electron chi connectivity index (χ2n) is 4.67. The topological polar surface area (TPSA) is 74.3 Å². The minimum atomic E-state index is -0.885. The Bertz CT molecular complexity index is 403. The first kappa shape index (κ1) is 13.1. The van der Waals surface area contributed by atoms with Crippen molar-refractivity contribution >= 4 is 5.97 Å². The Morgan fingerprint density at radius 2 is 2.50 bits per heavy atom. The van der Waals surface area contributed by atoms with Gasteiger partial charge < -0.3 is 20.1 Å². The Labute approximate surface area is 107 Å². The molecule has 2 rings (SSSR count). The van der Waals surface area contributed by atoms with Crippen LogP contribution in [0.1, 0.15) is 35.8 Å². The molecule has 5 nitrogen and oxygen atoms in total. The number of aromatic carboxylic acids is 1. The fourth-order valence-corrected chi connectivity index (χ4v) is 2.51. The zero-order chi connectivity index (χ0) is 13.0. The van der Waals surface area contributed by atoms with Gasteiger partial charge in [-0.15, -0.1) is 0 Å². The normalized spacial score (nSPS) is 23.4. The van der Waals surface area contributed by atoms with E-state index >= 15 is 0 Å². The molecule has 1 saturated heterocycles. The smallest absolute Gasteiger partial charge is 0.337 e. The molecule has 2 heterocycles. The van der Waals surface area contributed by atoms with Crippen molar-refractivity contribution in [1.29, 1.82) is 0 Å². The summed E-state index contributed by atoms with van der Waals surface area (Å²) < 4.78 is 5.62. The maximum atomic E-state index is 10.9. The summed E-state index contributed by atoms with van der Waals surface area (Å²) in [5.74, 6) is -0.345. The summed E-state index contributed by atoms with van der Waals surface area (Å²) in [7, 11) is 0. The average molecular weight is 252 g/mol. The van der Waals surface area contributed by atoms with Crippen LogP contribution in [0.3, 0.4) is 0 Å². The lowest BCUT2D eigenvalue weighted by atomic mass is 10.00. The minimum Gasteiger partial charge on any atom is -0.478 e. The summed E-state index contributed by atoms with van der Waals surface area (Å²) in [5.41, 5.74) is 1.08. The van der Waals surface area contributed by atoms with Crippen LogP contribution in [0.25, 0.3) is 0 Å². The van der Waals surface area contributed by atoms with Gasteiger partial charge in [0.25, 0.3) is 0 Å². The fourth-order valence-electron chi connectivity index (χ4n) is 2.51. The van der Waals surface area contributed by atoms with Crippen molar-refractivity contribution in [1.82, 2.24) is 10.3 Å². The van der Waals surface area contributed by atoms with Crippen LogP contribution >= 0.6 is 0 Å². The number of rotatable bonds is 6. The number of hydrogen-bond acceptors (Lipinski definition) is 3. The maximum Gasteiger partial charge on any atom is 0.337 e. The van der Waals surface area contributed by atoms with E-state index in [9.17, 15) is 4.79 Å². The lowest BCUT2D eigenvalue weighted by Crippen LogP contribution is -2.28. The first-order valence-corrected chi connectivity index (χ1v) is 6.44. The summed E-state index contributed by atoms with van der Waals surface area (Å²) in [6.07, 6.45) is 4.13. The molecule has 0 saturated carbocycles. The molecule has 2 atom stereocenters. The molecule has 2 unspecified atom stereocenters. The SMILES string of the molecule is CCC1OCCC1CNCc1[nH]ccc1C(=O)O. The number of aromatic nitrogens is 1. The zero-order valence-corrected chi connectivity index (χ0v) is 10.6. The molecule has 1 aromatic rings. The van der Waals surface area contributed by atoms with Crippen LogP contribution in [-0.2, 0) is 11.3 Å². The van der Waals surface area contributed by atoms with E-state index in [1.807, 2.05) is 0 Å². The maximum absolute atomic E-state index is 10.9. The van der Waals surface area contributed by atoms with Crippen molar-refractivity contribution in [2.45, 2.75) is 32.4 Å². The van der Waals surface area contributed by atoms with E-state index in [0.717, 1.165) is 31.7 Å². The van der Waals surface area contributed by atoms with Gasteiger partial charge in [0.2, 0.25) is 0 Å². The molecule has 100 valence electrons. The Kier molecular flexibility index (Phi) is 4.38. The third-order valence-corrected chi connectivity index (χ3v) is 3.52. The molecular formula is C13H20N2O3. The molecule has 0 radical (unpaired) electrons. The van der Waals surface area contributed by atoms with Gasteiger partial charge in [0, 0.05) is 31.6 Å². The van der Waals surface area contributed by atoms with Crippen molar-refractivity contribution in [2.24, 2.45) is 5.92 Å². The third kappa shape index (κ3) is 2.91. The van der Waals surface area contributed by atoms with Crippen LogP contribution in [0.15, 0.2) is 12.3 Å². The summed E-state index contributed by atoms with van der Waals surface area (Å²) in [4.78, 5) is 13.9. The number of nitrogens with one attached hydrogen (secondary N) is 2. The van der Waals surface area contributed by atoms with E-state index in [1.165, 1.54) is 0 Å². The van der Waals surface area contributed by atoms with Crippen molar-refractivity contribution in [3.05, 3.63) is 23.5 Å². The quantitative estimate of drug-likeness (QED) is 0.719. The Balaban J connectivity index is 1.81. The Hall–Kier alpha value is -1.33. The molecule has 5 heteroatoms. The van der Waals surface area contributed by atoms with E-state index in [0.29, 0.717) is 24.1 Å². The number of carbonyl (C=O) groups is 1. The van der Waals surface area contributed by atoms with E-state index in [1.54, 1.807) is 12.3 Å². The predicted octanol–water partition coefficient (Wildman–Crippen LogP) is 1.62. The third-order valence-electron chi connectivity index (χ3n) is 3.52. The summed E-state index contributed by atoms with van der Waals surface area (Å²) in [6.45, 7) is 4.41. The number of aromatic amines is 1. The number of carboxylic acids is 1. The second kappa shape index (κ2) is 6.02. The van der Waals surface area contributed by atoms with Crippen LogP contribution < -0.4 is 5.32 Å². The largest absolute Gasteiger partial charge is 0.478 e. The van der Waals surface area contributed by atoms with Gasteiger partial charge in [-0.05, 0) is 24.8 Å². The molecule has 0 spiro atoms. The van der Waals surface area contributed by atoms with Gasteiger partial charge in [-0.25, -0.2) is 4.79 Å². The van der Waals surface area contributed by atoms with Crippen molar-refractivity contribution in [2.75, 3.05) is 13.2 Å². The summed E-state index contributed by atoms with van der Waals surface area (Å²) in [5, 5.41) is 12.3. The number of H-pyrrole nitrogens is 1. The van der Waals surface area contributed by atoms with Gasteiger partial charge in [-0.2, -0.15) is 0 Å². The monoisotopic (exact) mass is 252 g/mol. The van der Waals surface area contributed by atoms with Crippen LogP contribution in [0.4, 0.5) is 0 Å². The van der Waals surface area contributed by atoms with Crippen LogP contribution in [-0.4, -0.2) is 35.3 Å². The van der Waals surface area contributed by atoms with Crippen molar-refractivity contribution < 1.29 is 14.6 Å². The van der Waals surface area contributed by atoms with Crippen LogP contribution in [0, 0.1) is 5.92 Å². The number of ether oxygens (including phenoxy) is 1. The highest BCUT2D eigenvalue weighted by Gasteiger charge is 2.26. The summed E-state index contributed by atoms with van der Waals surface area (Å²) >= 11 is 0. The number of carboxylic acid groups (broad SMARTS) is 1. The minimum absolute atomic E-state index is 0.345. The lowest BCUT2D eigenvalue weighted by Gasteiger charge is -2.17. The number of hydrogen-bond donors (Lipinski definition) is 3. The molecule has 0 bridgehead atoms. The van der Waals surface area contributed by atoms with Gasteiger partial charge in [-0.3, -0.25) is 0 Å². The van der Waals surface area contributed by atoms with Crippen molar-refractivity contribution in [3.63, 3.8) is 0 Å². The van der Waals surface area contributed by atoms with Gasteiger partial charge in [0.15, 0.2) is 0 Å². The van der Waals surface area contributed by atoms with E-state index in [-0.39, 0.29) is 0 Å². The first-order chi connectivity index (χ1) is 8.72. The van der Waals surface area contributed by atoms with Gasteiger partial charge in [0.05, 0.1) is 11.7 Å². The molecule has 0 amide bonds. The fraction of sp³-hybridized carbons (Fsp3) is 0.615. The first-order valence-electron chi connectivity index (χ1n) is 6.44. The highest BCUT2D eigenvalue weighted by Crippen LogP contribution is 2.22. The standard InChI is InChI=1S/C13H20N2O3/c1-2-12-9(4-6-18-12)7-14-8-11-10(13(16)17)3-5-15-11/h3,5,9,12,14-15H,2,4,6-8H2,1H3,(H,16,17). The van der Waals surface area contributed by atoms with Crippen LogP contribution in [0.5, 0.6) is 0 Å². The van der Waals surface area contributed by atoms with Crippen molar-refractivity contribution in [3.8, 4) is 0 Å².